The van der Waals surface area contributed by atoms with E-state index in [0.717, 1.165) is 36.6 Å². The molecule has 3 nitrogen and oxygen atoms in total. The van der Waals surface area contributed by atoms with Gasteiger partial charge in [-0.3, -0.25) is 4.68 Å². The fraction of sp³-hybridized carbons (Fsp3) is 0.812. The Bertz CT molecular complexity index is 466. The molecule has 1 N–H and O–H groups in total. The maximum atomic E-state index is 6.59. The number of nitrogens with one attached hydrogen (secondary N) is 1. The molecule has 0 bridgehead atoms. The quantitative estimate of drug-likeness (QED) is 0.822. The van der Waals surface area contributed by atoms with Gasteiger partial charge in [0.25, 0.3) is 0 Å². The van der Waals surface area contributed by atoms with Crippen molar-refractivity contribution in [2.75, 3.05) is 12.3 Å². The number of aromatic nitrogens is 2. The average molecular weight is 330 g/mol. The number of thioether (sulfide) groups is 1. The standard InChI is InChI=1S/C16H28ClN3S/c1-5-12-15(17)13(20(7-3)19-12)11-14(18-6-2)16(4)9-8-10-21-16/h14,18H,5-11H2,1-4H3. The summed E-state index contributed by atoms with van der Waals surface area (Å²) in [6.07, 6.45) is 4.48. The summed E-state index contributed by atoms with van der Waals surface area (Å²) in [6.45, 7) is 10.7. The first-order chi connectivity index (χ1) is 10.1. The van der Waals surface area contributed by atoms with Crippen LogP contribution in [0, 0.1) is 0 Å². The Kier molecular flexibility index (Phi) is 6.04. The van der Waals surface area contributed by atoms with Crippen molar-refractivity contribution in [3.05, 3.63) is 16.4 Å². The Morgan fingerprint density at radius 1 is 1.43 bits per heavy atom. The fourth-order valence-electron chi connectivity index (χ4n) is 3.23. The van der Waals surface area contributed by atoms with Gasteiger partial charge in [0.1, 0.15) is 0 Å². The van der Waals surface area contributed by atoms with Crippen LogP contribution >= 0.6 is 23.4 Å². The molecule has 0 spiro atoms. The third-order valence-corrected chi connectivity index (χ3v) is 6.61. The van der Waals surface area contributed by atoms with Crippen molar-refractivity contribution in [2.24, 2.45) is 0 Å². The zero-order valence-electron chi connectivity index (χ0n) is 13.7. The lowest BCUT2D eigenvalue weighted by molar-refractivity contribution is 0.396. The molecule has 2 rings (SSSR count). The molecule has 21 heavy (non-hydrogen) atoms. The van der Waals surface area contributed by atoms with Gasteiger partial charge < -0.3 is 5.32 Å². The minimum Gasteiger partial charge on any atom is -0.312 e. The molecule has 5 heteroatoms. The molecular formula is C16H28ClN3S. The van der Waals surface area contributed by atoms with Crippen LogP contribution in [0.3, 0.4) is 0 Å². The van der Waals surface area contributed by atoms with Crippen LogP contribution < -0.4 is 5.32 Å². The van der Waals surface area contributed by atoms with Crippen molar-refractivity contribution in [3.8, 4) is 0 Å². The molecule has 1 saturated heterocycles. The minimum atomic E-state index is 0.314. The van der Waals surface area contributed by atoms with Crippen molar-refractivity contribution < 1.29 is 0 Å². The molecule has 2 unspecified atom stereocenters. The fourth-order valence-corrected chi connectivity index (χ4v) is 4.99. The second-order valence-electron chi connectivity index (χ2n) is 5.96. The van der Waals surface area contributed by atoms with Crippen LogP contribution in [0.25, 0.3) is 0 Å². The van der Waals surface area contributed by atoms with E-state index in [4.69, 9.17) is 11.6 Å². The van der Waals surface area contributed by atoms with Gasteiger partial charge in [0.2, 0.25) is 0 Å². The van der Waals surface area contributed by atoms with E-state index in [1.807, 2.05) is 0 Å². The zero-order valence-corrected chi connectivity index (χ0v) is 15.3. The molecule has 2 atom stereocenters. The van der Waals surface area contributed by atoms with Crippen molar-refractivity contribution in [3.63, 3.8) is 0 Å². The summed E-state index contributed by atoms with van der Waals surface area (Å²) in [5, 5.41) is 9.24. The van der Waals surface area contributed by atoms with Crippen LogP contribution in [0.2, 0.25) is 5.02 Å². The first-order valence-corrected chi connectivity index (χ1v) is 9.53. The van der Waals surface area contributed by atoms with Crippen LogP contribution in [-0.2, 0) is 19.4 Å². The summed E-state index contributed by atoms with van der Waals surface area (Å²) >= 11 is 8.70. The molecule has 1 fully saturated rings. The number of hydrogen-bond donors (Lipinski definition) is 1. The SMILES string of the molecule is CCNC(Cc1c(Cl)c(CC)nn1CC)C1(C)CCCS1. The first-order valence-electron chi connectivity index (χ1n) is 8.17. The monoisotopic (exact) mass is 329 g/mol. The summed E-state index contributed by atoms with van der Waals surface area (Å²) in [6, 6.07) is 0.458. The molecule has 120 valence electrons. The van der Waals surface area contributed by atoms with Crippen molar-refractivity contribution in [2.45, 2.75) is 70.7 Å². The molecule has 0 amide bonds. The van der Waals surface area contributed by atoms with E-state index in [2.05, 4.69) is 54.6 Å². The molecule has 0 aromatic carbocycles. The van der Waals surface area contributed by atoms with Gasteiger partial charge in [-0.1, -0.05) is 25.4 Å². The van der Waals surface area contributed by atoms with Crippen LogP contribution in [0.4, 0.5) is 0 Å². The maximum Gasteiger partial charge on any atom is 0.0850 e. The normalized spacial score (nSPS) is 23.7. The second-order valence-corrected chi connectivity index (χ2v) is 7.96. The predicted molar refractivity (Wildman–Crippen MR) is 93.6 cm³/mol. The van der Waals surface area contributed by atoms with Crippen molar-refractivity contribution >= 4 is 23.4 Å². The highest BCUT2D eigenvalue weighted by Gasteiger charge is 2.38. The number of hydrogen-bond acceptors (Lipinski definition) is 3. The number of halogens is 1. The van der Waals surface area contributed by atoms with Gasteiger partial charge in [-0.2, -0.15) is 16.9 Å². The molecule has 0 aliphatic carbocycles. The molecular weight excluding hydrogens is 302 g/mol. The maximum absolute atomic E-state index is 6.59. The van der Waals surface area contributed by atoms with Gasteiger partial charge in [0.05, 0.1) is 16.4 Å². The average Bonchev–Trinajstić information content (AvgIpc) is 3.04. The Balaban J connectivity index is 2.26. The van der Waals surface area contributed by atoms with Gasteiger partial charge >= 0.3 is 0 Å². The van der Waals surface area contributed by atoms with E-state index < -0.39 is 0 Å². The van der Waals surface area contributed by atoms with Gasteiger partial charge in [-0.25, -0.2) is 0 Å². The zero-order chi connectivity index (χ0) is 15.5. The lowest BCUT2D eigenvalue weighted by Crippen LogP contribution is -2.47. The van der Waals surface area contributed by atoms with Crippen molar-refractivity contribution in [1.29, 1.82) is 0 Å². The Morgan fingerprint density at radius 3 is 2.71 bits per heavy atom. The lowest BCUT2D eigenvalue weighted by Gasteiger charge is -2.34. The van der Waals surface area contributed by atoms with E-state index in [0.29, 0.717) is 10.8 Å². The summed E-state index contributed by atoms with van der Waals surface area (Å²) < 4.78 is 2.41. The number of likely N-dealkylation sites (N-methyl/N-ethyl adjacent to an activating group) is 1. The molecule has 1 aliphatic heterocycles. The highest BCUT2D eigenvalue weighted by Crippen LogP contribution is 2.42. The lowest BCUT2D eigenvalue weighted by atomic mass is 9.92. The molecule has 0 saturated carbocycles. The molecule has 1 aromatic heterocycles. The number of aryl methyl sites for hydroxylation is 2. The van der Waals surface area contributed by atoms with Crippen LogP contribution in [-0.4, -0.2) is 32.9 Å². The van der Waals surface area contributed by atoms with Crippen molar-refractivity contribution in [1.82, 2.24) is 15.1 Å². The third kappa shape index (κ3) is 3.59. The predicted octanol–water partition coefficient (Wildman–Crippen LogP) is 3.93. The minimum absolute atomic E-state index is 0.314. The number of nitrogens with zero attached hydrogens (tertiary/aromatic N) is 2. The topological polar surface area (TPSA) is 29.9 Å². The van der Waals surface area contributed by atoms with Gasteiger partial charge in [0.15, 0.2) is 0 Å². The van der Waals surface area contributed by atoms with E-state index in [-0.39, 0.29) is 0 Å². The largest absolute Gasteiger partial charge is 0.312 e. The first kappa shape index (κ1) is 17.2. The Hall–Kier alpha value is -0.190. The summed E-state index contributed by atoms with van der Waals surface area (Å²) in [7, 11) is 0. The summed E-state index contributed by atoms with van der Waals surface area (Å²) in [5.41, 5.74) is 2.24. The highest BCUT2D eigenvalue weighted by atomic mass is 35.5. The molecule has 0 radical (unpaired) electrons. The molecule has 2 heterocycles. The van der Waals surface area contributed by atoms with E-state index in [1.54, 1.807) is 0 Å². The third-order valence-electron chi connectivity index (χ3n) is 4.53. The smallest absolute Gasteiger partial charge is 0.0850 e. The Morgan fingerprint density at radius 2 is 2.19 bits per heavy atom. The van der Waals surface area contributed by atoms with E-state index in [9.17, 15) is 0 Å². The van der Waals surface area contributed by atoms with Crippen LogP contribution in [0.5, 0.6) is 0 Å². The van der Waals surface area contributed by atoms with Gasteiger partial charge in [-0.15, -0.1) is 0 Å². The molecule has 1 aliphatic rings. The highest BCUT2D eigenvalue weighted by molar-refractivity contribution is 8.00. The van der Waals surface area contributed by atoms with Crippen LogP contribution in [0.1, 0.15) is 51.9 Å². The van der Waals surface area contributed by atoms with Gasteiger partial charge in [-0.05, 0) is 45.4 Å². The van der Waals surface area contributed by atoms with Crippen LogP contribution in [0.15, 0.2) is 0 Å². The summed E-state index contributed by atoms with van der Waals surface area (Å²) in [5.74, 6) is 1.28. The number of rotatable bonds is 7. The Labute approximate surface area is 138 Å². The second kappa shape index (κ2) is 7.38. The summed E-state index contributed by atoms with van der Waals surface area (Å²) in [4.78, 5) is 0. The van der Waals surface area contributed by atoms with E-state index >= 15 is 0 Å². The molecule has 1 aromatic rings. The van der Waals surface area contributed by atoms with E-state index in [1.165, 1.54) is 24.3 Å². The van der Waals surface area contributed by atoms with Gasteiger partial charge in [0, 0.05) is 23.8 Å².